The van der Waals surface area contributed by atoms with Gasteiger partial charge in [-0.25, -0.2) is 34.1 Å². The van der Waals surface area contributed by atoms with Crippen molar-refractivity contribution < 1.29 is 18.8 Å². The molecular formula is C28H27FN10O3. The Morgan fingerprint density at radius 2 is 1.93 bits per heavy atom. The molecule has 0 radical (unpaired) electrons. The van der Waals surface area contributed by atoms with E-state index < -0.39 is 17.5 Å². The number of imidazole rings is 1. The third-order valence-electron chi connectivity index (χ3n) is 7.87. The normalized spacial score (nSPS) is 21.7. The number of hydrogen-bond donors (Lipinski definition) is 2. The fourth-order valence-corrected chi connectivity index (χ4v) is 5.21. The molecule has 3 aliphatic rings. The number of fused-ring (bicyclic) bond motifs is 1. The Balaban J connectivity index is 1.06. The molecule has 42 heavy (non-hydrogen) atoms. The summed E-state index contributed by atoms with van der Waals surface area (Å²) in [4.78, 5) is 61.5. The zero-order valence-electron chi connectivity index (χ0n) is 22.9. The number of imide groups is 1. The van der Waals surface area contributed by atoms with Crippen LogP contribution in [0, 0.1) is 12.8 Å². The Bertz CT molecular complexity index is 1770. The number of anilines is 3. The number of pyridine rings is 1. The molecule has 2 atom stereocenters. The molecule has 0 spiro atoms. The topological polar surface area (TPSA) is 151 Å². The second-order valence-corrected chi connectivity index (χ2v) is 11.0. The molecule has 0 bridgehead atoms. The predicted molar refractivity (Wildman–Crippen MR) is 148 cm³/mol. The minimum Gasteiger partial charge on any atom is -0.364 e. The number of aromatic nitrogens is 6. The van der Waals surface area contributed by atoms with Crippen molar-refractivity contribution in [1.29, 1.82) is 0 Å². The first-order chi connectivity index (χ1) is 20.2. The number of carbonyl (C=O) groups excluding carboxylic acids is 3. The number of likely N-dealkylation sites (N-methyl/N-ethyl adjacent to an activating group) is 1. The number of amides is 4. The summed E-state index contributed by atoms with van der Waals surface area (Å²) < 4.78 is 17.2. The lowest BCUT2D eigenvalue weighted by atomic mass is 10.1. The van der Waals surface area contributed by atoms with Gasteiger partial charge in [0, 0.05) is 43.8 Å². The highest BCUT2D eigenvalue weighted by Gasteiger charge is 2.63. The molecule has 2 unspecified atom stereocenters. The molecule has 1 saturated heterocycles. The zero-order valence-corrected chi connectivity index (χ0v) is 22.9. The van der Waals surface area contributed by atoms with E-state index in [2.05, 4.69) is 30.6 Å². The monoisotopic (exact) mass is 570 g/mol. The van der Waals surface area contributed by atoms with E-state index in [0.717, 1.165) is 23.3 Å². The van der Waals surface area contributed by atoms with Crippen LogP contribution in [0.1, 0.15) is 48.0 Å². The molecule has 3 fully saturated rings. The van der Waals surface area contributed by atoms with Gasteiger partial charge in [-0.15, -0.1) is 0 Å². The minimum absolute atomic E-state index is 0.00425. The first-order valence-electron chi connectivity index (χ1n) is 13.6. The summed E-state index contributed by atoms with van der Waals surface area (Å²) >= 11 is 0. The summed E-state index contributed by atoms with van der Waals surface area (Å²) in [7, 11) is 1.48. The standard InChI is InChI=1S/C28H27FN10O3/c1-15-5-6-30-26(34-15)28(29)9-19(28)25(41)36-22-8-21(32-14-33-22)31-10-18-12-38-11-17(16-3-4-16)7-20(24(38)35-18)39-13-23(40)37(2)27(39)42/h5-8,11-12,14,16,19H,3-4,9-10,13H2,1-2H3,(H2,31,32,33,36,41). The van der Waals surface area contributed by atoms with Crippen molar-refractivity contribution in [3.8, 4) is 0 Å². The Hall–Kier alpha value is -5.01. The predicted octanol–water partition coefficient (Wildman–Crippen LogP) is 2.93. The summed E-state index contributed by atoms with van der Waals surface area (Å²) in [6, 6.07) is 4.81. The molecule has 14 heteroatoms. The lowest BCUT2D eigenvalue weighted by molar-refractivity contribution is -0.124. The fourth-order valence-electron chi connectivity index (χ4n) is 5.21. The molecule has 214 valence electrons. The zero-order chi connectivity index (χ0) is 29.2. The van der Waals surface area contributed by atoms with Gasteiger partial charge in [0.15, 0.2) is 17.1 Å². The highest BCUT2D eigenvalue weighted by Crippen LogP contribution is 2.54. The van der Waals surface area contributed by atoms with Gasteiger partial charge in [-0.1, -0.05) is 0 Å². The summed E-state index contributed by atoms with van der Waals surface area (Å²) in [6.07, 6.45) is 8.84. The van der Waals surface area contributed by atoms with Crippen LogP contribution in [-0.2, 0) is 21.8 Å². The van der Waals surface area contributed by atoms with E-state index in [1.165, 1.54) is 24.5 Å². The fraction of sp³-hybridized carbons (Fsp3) is 0.357. The molecule has 5 heterocycles. The number of carbonyl (C=O) groups is 3. The van der Waals surface area contributed by atoms with Crippen LogP contribution < -0.4 is 15.5 Å². The van der Waals surface area contributed by atoms with Crippen molar-refractivity contribution in [2.75, 3.05) is 29.1 Å². The molecule has 13 nitrogen and oxygen atoms in total. The highest BCUT2D eigenvalue weighted by atomic mass is 19.1. The molecule has 4 amide bonds. The molecular weight excluding hydrogens is 543 g/mol. The van der Waals surface area contributed by atoms with E-state index in [-0.39, 0.29) is 43.1 Å². The second kappa shape index (κ2) is 9.53. The number of hydrogen-bond acceptors (Lipinski definition) is 9. The average molecular weight is 571 g/mol. The van der Waals surface area contributed by atoms with Crippen LogP contribution in [0.5, 0.6) is 0 Å². The number of halogens is 1. The van der Waals surface area contributed by atoms with Gasteiger partial charge in [-0.3, -0.25) is 19.4 Å². The van der Waals surface area contributed by atoms with Gasteiger partial charge in [0.25, 0.3) is 0 Å². The SMILES string of the molecule is Cc1ccnc(C2(F)CC2C(=O)Nc2cc(NCc3cn4cc(C5CC5)cc(N5CC(=O)N(C)C5=O)c4n3)ncn2)n1. The average Bonchev–Trinajstić information content (AvgIpc) is 3.88. The molecule has 7 rings (SSSR count). The van der Waals surface area contributed by atoms with Crippen molar-refractivity contribution >= 4 is 40.8 Å². The maximum Gasteiger partial charge on any atom is 0.331 e. The first kappa shape index (κ1) is 25.9. The summed E-state index contributed by atoms with van der Waals surface area (Å²) in [5, 5.41) is 5.84. The number of urea groups is 1. The minimum atomic E-state index is -1.89. The maximum atomic E-state index is 15.3. The van der Waals surface area contributed by atoms with Crippen LogP contribution in [0.3, 0.4) is 0 Å². The largest absolute Gasteiger partial charge is 0.364 e. The molecule has 2 saturated carbocycles. The van der Waals surface area contributed by atoms with E-state index in [9.17, 15) is 14.4 Å². The maximum absolute atomic E-state index is 15.3. The van der Waals surface area contributed by atoms with Crippen molar-refractivity contribution in [3.63, 3.8) is 0 Å². The van der Waals surface area contributed by atoms with Crippen LogP contribution in [-0.4, -0.2) is 65.7 Å². The highest BCUT2D eigenvalue weighted by molar-refractivity contribution is 6.13. The molecule has 0 aromatic carbocycles. The Labute approximate surface area is 239 Å². The Morgan fingerprint density at radius 1 is 1.12 bits per heavy atom. The van der Waals surface area contributed by atoms with Crippen LogP contribution in [0.25, 0.3) is 5.65 Å². The lowest BCUT2D eigenvalue weighted by Gasteiger charge is -2.17. The molecule has 4 aromatic heterocycles. The molecule has 2 N–H and O–H groups in total. The van der Waals surface area contributed by atoms with Crippen molar-refractivity contribution in [2.45, 2.75) is 44.3 Å². The van der Waals surface area contributed by atoms with Crippen LogP contribution in [0.15, 0.2) is 43.1 Å². The van der Waals surface area contributed by atoms with Gasteiger partial charge in [0.2, 0.25) is 11.8 Å². The smallest absolute Gasteiger partial charge is 0.331 e. The van der Waals surface area contributed by atoms with Crippen molar-refractivity contribution in [1.82, 2.24) is 34.2 Å². The third-order valence-corrected chi connectivity index (χ3v) is 7.87. The number of nitrogens with one attached hydrogen (secondary N) is 2. The van der Waals surface area contributed by atoms with E-state index in [1.54, 1.807) is 19.1 Å². The van der Waals surface area contributed by atoms with Gasteiger partial charge < -0.3 is 15.0 Å². The molecule has 4 aromatic rings. The summed E-state index contributed by atoms with van der Waals surface area (Å²) in [5.74, 6) is -0.576. The van der Waals surface area contributed by atoms with Gasteiger partial charge in [-0.2, -0.15) is 0 Å². The quantitative estimate of drug-likeness (QED) is 0.305. The van der Waals surface area contributed by atoms with Gasteiger partial charge >= 0.3 is 6.03 Å². The van der Waals surface area contributed by atoms with Gasteiger partial charge in [0.1, 0.15) is 24.5 Å². The number of rotatable bonds is 8. The van der Waals surface area contributed by atoms with Crippen LogP contribution in [0.2, 0.25) is 0 Å². The number of nitrogens with zero attached hydrogens (tertiary/aromatic N) is 8. The summed E-state index contributed by atoms with van der Waals surface area (Å²) in [6.45, 7) is 2.00. The molecule has 2 aliphatic carbocycles. The number of alkyl halides is 1. The van der Waals surface area contributed by atoms with Gasteiger partial charge in [-0.05, 0) is 43.4 Å². The van der Waals surface area contributed by atoms with E-state index >= 15 is 4.39 Å². The Kier molecular flexibility index (Phi) is 5.88. The van der Waals surface area contributed by atoms with E-state index in [0.29, 0.717) is 34.5 Å². The van der Waals surface area contributed by atoms with Crippen molar-refractivity contribution in [3.05, 3.63) is 65.9 Å². The van der Waals surface area contributed by atoms with Crippen LogP contribution >= 0.6 is 0 Å². The van der Waals surface area contributed by atoms with E-state index in [1.807, 2.05) is 22.9 Å². The first-order valence-corrected chi connectivity index (χ1v) is 13.6. The second-order valence-electron chi connectivity index (χ2n) is 11.0. The summed E-state index contributed by atoms with van der Waals surface area (Å²) in [5.41, 5.74) is 1.68. The third kappa shape index (κ3) is 4.58. The molecule has 1 aliphatic heterocycles. The number of aryl methyl sites for hydroxylation is 1. The van der Waals surface area contributed by atoms with Crippen LogP contribution in [0.4, 0.5) is 26.5 Å². The lowest BCUT2D eigenvalue weighted by Crippen LogP contribution is -2.30. The van der Waals surface area contributed by atoms with Crippen molar-refractivity contribution in [2.24, 2.45) is 5.92 Å². The van der Waals surface area contributed by atoms with E-state index in [4.69, 9.17) is 4.98 Å². The van der Waals surface area contributed by atoms with Gasteiger partial charge in [0.05, 0.1) is 23.8 Å². The Morgan fingerprint density at radius 3 is 2.67 bits per heavy atom.